The molecular weight excluding hydrogens is 240 g/mol. The van der Waals surface area contributed by atoms with Crippen LogP contribution in [-0.2, 0) is 4.79 Å². The summed E-state index contributed by atoms with van der Waals surface area (Å²) in [6.45, 7) is 10.5. The number of rotatable bonds is 5. The van der Waals surface area contributed by atoms with Gasteiger partial charge in [0.25, 0.3) is 0 Å². The van der Waals surface area contributed by atoms with Crippen LogP contribution < -0.4 is 11.1 Å². The molecule has 4 heteroatoms. The van der Waals surface area contributed by atoms with Crippen LogP contribution in [0.3, 0.4) is 0 Å². The predicted molar refractivity (Wildman–Crippen MR) is 76.6 cm³/mol. The van der Waals surface area contributed by atoms with Gasteiger partial charge < -0.3 is 15.5 Å². The van der Waals surface area contributed by atoms with Gasteiger partial charge in [-0.3, -0.25) is 4.79 Å². The maximum Gasteiger partial charge on any atom is 0.224 e. The van der Waals surface area contributed by atoms with Crippen LogP contribution >= 0.6 is 0 Å². The lowest BCUT2D eigenvalue weighted by molar-refractivity contribution is -0.126. The van der Waals surface area contributed by atoms with Crippen molar-refractivity contribution in [3.63, 3.8) is 0 Å². The Bertz CT molecular complexity index is 418. The molecule has 0 aliphatic rings. The summed E-state index contributed by atoms with van der Waals surface area (Å²) >= 11 is 0. The van der Waals surface area contributed by atoms with Gasteiger partial charge in [-0.05, 0) is 37.8 Å². The number of carbonyl (C=O) groups excluding carboxylic acids is 1. The molecule has 0 fully saturated rings. The summed E-state index contributed by atoms with van der Waals surface area (Å²) < 4.78 is 5.51. The largest absolute Gasteiger partial charge is 0.464 e. The third-order valence-electron chi connectivity index (χ3n) is 3.06. The van der Waals surface area contributed by atoms with Gasteiger partial charge in [-0.15, -0.1) is 0 Å². The number of furan rings is 1. The first-order valence-corrected chi connectivity index (χ1v) is 6.79. The van der Waals surface area contributed by atoms with E-state index in [4.69, 9.17) is 10.2 Å². The Hall–Kier alpha value is -1.29. The lowest BCUT2D eigenvalue weighted by Crippen LogP contribution is -2.38. The molecular formula is C15H26N2O2. The second kappa shape index (κ2) is 6.24. The van der Waals surface area contributed by atoms with Crippen molar-refractivity contribution in [3.8, 4) is 0 Å². The number of nitrogens with two attached hydrogens (primary N) is 1. The van der Waals surface area contributed by atoms with Crippen LogP contribution in [0.15, 0.2) is 16.5 Å². The minimum Gasteiger partial charge on any atom is -0.464 e. The molecule has 0 radical (unpaired) electrons. The molecule has 2 atom stereocenters. The summed E-state index contributed by atoms with van der Waals surface area (Å²) in [7, 11) is 0. The summed E-state index contributed by atoms with van der Waals surface area (Å²) in [5.74, 6) is 1.47. The molecule has 19 heavy (non-hydrogen) atoms. The quantitative estimate of drug-likeness (QED) is 0.861. The SMILES string of the molecule is Cc1ccc(C(C)NC(=O)C(CN)CC(C)(C)C)o1. The molecule has 0 aliphatic heterocycles. The molecule has 3 N–H and O–H groups in total. The maximum atomic E-state index is 12.2. The Morgan fingerprint density at radius 2 is 2.05 bits per heavy atom. The molecule has 4 nitrogen and oxygen atoms in total. The molecule has 1 heterocycles. The first kappa shape index (κ1) is 15.8. The molecule has 0 spiro atoms. The van der Waals surface area contributed by atoms with E-state index in [2.05, 4.69) is 26.1 Å². The Balaban J connectivity index is 2.62. The minimum atomic E-state index is -0.154. The second-order valence-electron chi connectivity index (χ2n) is 6.38. The Labute approximate surface area is 115 Å². The third kappa shape index (κ3) is 5.07. The smallest absolute Gasteiger partial charge is 0.224 e. The Morgan fingerprint density at radius 1 is 1.42 bits per heavy atom. The van der Waals surface area contributed by atoms with Gasteiger partial charge in [0.1, 0.15) is 11.5 Å². The number of amides is 1. The summed E-state index contributed by atoms with van der Waals surface area (Å²) in [5, 5.41) is 2.97. The molecule has 108 valence electrons. The van der Waals surface area contributed by atoms with Crippen molar-refractivity contribution in [2.45, 2.75) is 47.1 Å². The zero-order chi connectivity index (χ0) is 14.6. The van der Waals surface area contributed by atoms with Gasteiger partial charge in [-0.2, -0.15) is 0 Å². The van der Waals surface area contributed by atoms with Gasteiger partial charge in [-0.25, -0.2) is 0 Å². The highest BCUT2D eigenvalue weighted by Gasteiger charge is 2.25. The van der Waals surface area contributed by atoms with Crippen molar-refractivity contribution in [1.82, 2.24) is 5.32 Å². The fourth-order valence-corrected chi connectivity index (χ4v) is 2.11. The fraction of sp³-hybridized carbons (Fsp3) is 0.667. The van der Waals surface area contributed by atoms with Gasteiger partial charge >= 0.3 is 0 Å². The van der Waals surface area contributed by atoms with Crippen molar-refractivity contribution >= 4 is 5.91 Å². The molecule has 0 saturated carbocycles. The van der Waals surface area contributed by atoms with Crippen molar-refractivity contribution in [2.75, 3.05) is 6.54 Å². The summed E-state index contributed by atoms with van der Waals surface area (Å²) in [6.07, 6.45) is 0.777. The lowest BCUT2D eigenvalue weighted by atomic mass is 9.84. The van der Waals surface area contributed by atoms with E-state index < -0.39 is 0 Å². The fourth-order valence-electron chi connectivity index (χ4n) is 2.11. The van der Waals surface area contributed by atoms with Gasteiger partial charge in [0.05, 0.1) is 12.0 Å². The molecule has 2 unspecified atom stereocenters. The average Bonchev–Trinajstić information content (AvgIpc) is 2.71. The van der Waals surface area contributed by atoms with E-state index in [1.54, 1.807) is 0 Å². The van der Waals surface area contributed by atoms with Crippen molar-refractivity contribution in [2.24, 2.45) is 17.1 Å². The summed E-state index contributed by atoms with van der Waals surface area (Å²) in [4.78, 5) is 12.2. The number of nitrogens with one attached hydrogen (secondary N) is 1. The number of hydrogen-bond donors (Lipinski definition) is 2. The minimum absolute atomic E-state index is 0.000946. The van der Waals surface area contributed by atoms with Crippen molar-refractivity contribution in [3.05, 3.63) is 23.7 Å². The van der Waals surface area contributed by atoms with E-state index in [-0.39, 0.29) is 23.3 Å². The van der Waals surface area contributed by atoms with Crippen LogP contribution in [-0.4, -0.2) is 12.5 Å². The van der Waals surface area contributed by atoms with Crippen molar-refractivity contribution in [1.29, 1.82) is 0 Å². The van der Waals surface area contributed by atoms with E-state index in [0.29, 0.717) is 6.54 Å². The number of aryl methyl sites for hydroxylation is 1. The summed E-state index contributed by atoms with van der Waals surface area (Å²) in [6, 6.07) is 3.66. The van der Waals surface area contributed by atoms with Crippen LogP contribution in [0, 0.1) is 18.3 Å². The zero-order valence-corrected chi connectivity index (χ0v) is 12.6. The molecule has 0 aliphatic carbocycles. The first-order valence-electron chi connectivity index (χ1n) is 6.79. The molecule has 0 aromatic carbocycles. The molecule has 0 saturated heterocycles. The predicted octanol–water partition coefficient (Wildman–Crippen LogP) is 2.78. The van der Waals surface area contributed by atoms with E-state index >= 15 is 0 Å². The van der Waals surface area contributed by atoms with Crippen LogP contribution in [0.2, 0.25) is 0 Å². The monoisotopic (exact) mass is 266 g/mol. The van der Waals surface area contributed by atoms with Gasteiger partial charge in [0, 0.05) is 6.54 Å². The van der Waals surface area contributed by atoms with Gasteiger partial charge in [0.2, 0.25) is 5.91 Å². The van der Waals surface area contributed by atoms with Crippen LogP contribution in [0.1, 0.15) is 51.7 Å². The first-order chi connectivity index (χ1) is 8.73. The van der Waals surface area contributed by atoms with Gasteiger partial charge in [-0.1, -0.05) is 20.8 Å². The summed E-state index contributed by atoms with van der Waals surface area (Å²) in [5.41, 5.74) is 5.80. The van der Waals surface area contributed by atoms with E-state index in [1.807, 2.05) is 26.0 Å². The zero-order valence-electron chi connectivity index (χ0n) is 12.6. The van der Waals surface area contributed by atoms with E-state index in [1.165, 1.54) is 0 Å². The number of carbonyl (C=O) groups is 1. The van der Waals surface area contributed by atoms with Crippen LogP contribution in [0.25, 0.3) is 0 Å². The maximum absolute atomic E-state index is 12.2. The topological polar surface area (TPSA) is 68.3 Å². The average molecular weight is 266 g/mol. The van der Waals surface area contributed by atoms with Crippen LogP contribution in [0.4, 0.5) is 0 Å². The highest BCUT2D eigenvalue weighted by atomic mass is 16.3. The van der Waals surface area contributed by atoms with E-state index in [9.17, 15) is 4.79 Å². The standard InChI is InChI=1S/C15H26N2O2/c1-10-6-7-13(19-10)11(2)17-14(18)12(9-16)8-15(3,4)5/h6-7,11-12H,8-9,16H2,1-5H3,(H,17,18). The molecule has 1 aromatic heterocycles. The van der Waals surface area contributed by atoms with Gasteiger partial charge in [0.15, 0.2) is 0 Å². The molecule has 1 amide bonds. The normalized spacial score (nSPS) is 15.1. The Morgan fingerprint density at radius 3 is 2.47 bits per heavy atom. The van der Waals surface area contributed by atoms with Crippen LogP contribution in [0.5, 0.6) is 0 Å². The molecule has 1 aromatic rings. The lowest BCUT2D eigenvalue weighted by Gasteiger charge is -2.25. The molecule has 1 rings (SSSR count). The Kier molecular flexibility index (Phi) is 5.18. The van der Waals surface area contributed by atoms with E-state index in [0.717, 1.165) is 17.9 Å². The highest BCUT2D eigenvalue weighted by Crippen LogP contribution is 2.25. The number of hydrogen-bond acceptors (Lipinski definition) is 3. The van der Waals surface area contributed by atoms with Crippen molar-refractivity contribution < 1.29 is 9.21 Å². The third-order valence-corrected chi connectivity index (χ3v) is 3.06. The molecule has 0 bridgehead atoms. The second-order valence-corrected chi connectivity index (χ2v) is 6.38. The highest BCUT2D eigenvalue weighted by molar-refractivity contribution is 5.79.